The normalized spacial score (nSPS) is 30.4. The number of thioether (sulfide) groups is 1. The van der Waals surface area contributed by atoms with Crippen LogP contribution < -0.4 is 0 Å². The van der Waals surface area contributed by atoms with Gasteiger partial charge in [0.2, 0.25) is 0 Å². The molecular formula is C10H19NOS. The molecule has 0 saturated carbocycles. The van der Waals surface area contributed by atoms with Gasteiger partial charge in [-0.1, -0.05) is 6.92 Å². The highest BCUT2D eigenvalue weighted by Crippen LogP contribution is 2.23. The fourth-order valence-corrected chi connectivity index (χ4v) is 2.77. The Morgan fingerprint density at radius 2 is 2.23 bits per heavy atom. The third-order valence-corrected chi connectivity index (χ3v) is 4.10. The van der Waals surface area contributed by atoms with Crippen molar-refractivity contribution in [2.24, 2.45) is 0 Å². The quantitative estimate of drug-likeness (QED) is 0.694. The Morgan fingerprint density at radius 3 is 2.85 bits per heavy atom. The molecule has 1 saturated heterocycles. The largest absolute Gasteiger partial charge is 0.300 e. The van der Waals surface area contributed by atoms with Gasteiger partial charge >= 0.3 is 0 Å². The van der Waals surface area contributed by atoms with Crippen LogP contribution in [0.1, 0.15) is 27.2 Å². The number of hydrogen-bond acceptors (Lipinski definition) is 3. The number of ketones is 1. The Hall–Kier alpha value is -0.0200. The van der Waals surface area contributed by atoms with E-state index in [4.69, 9.17) is 0 Å². The lowest BCUT2D eigenvalue weighted by Gasteiger charge is -2.37. The van der Waals surface area contributed by atoms with E-state index in [1.54, 1.807) is 6.92 Å². The van der Waals surface area contributed by atoms with Crippen molar-refractivity contribution in [2.45, 2.75) is 38.5 Å². The molecule has 0 spiro atoms. The summed E-state index contributed by atoms with van der Waals surface area (Å²) in [6, 6.07) is 0.623. The van der Waals surface area contributed by atoms with Crippen molar-refractivity contribution in [3.63, 3.8) is 0 Å². The van der Waals surface area contributed by atoms with Gasteiger partial charge in [0, 0.05) is 36.6 Å². The fraction of sp³-hybridized carbons (Fsp3) is 0.900. The molecule has 2 nitrogen and oxygen atoms in total. The summed E-state index contributed by atoms with van der Waals surface area (Å²) in [5.74, 6) is 1.52. The van der Waals surface area contributed by atoms with Crippen LogP contribution in [0.15, 0.2) is 0 Å². The Bertz CT molecular complexity index is 184. The summed E-state index contributed by atoms with van der Waals surface area (Å²) in [5, 5.41) is 0.709. The Kier molecular flexibility index (Phi) is 4.26. The van der Waals surface area contributed by atoms with E-state index in [2.05, 4.69) is 18.7 Å². The molecule has 0 aliphatic carbocycles. The lowest BCUT2D eigenvalue weighted by Crippen LogP contribution is -2.45. The molecule has 0 amide bonds. The first-order chi connectivity index (χ1) is 6.11. The van der Waals surface area contributed by atoms with Crippen molar-refractivity contribution in [1.29, 1.82) is 0 Å². The van der Waals surface area contributed by atoms with E-state index < -0.39 is 0 Å². The molecule has 0 aromatic heterocycles. The summed E-state index contributed by atoms with van der Waals surface area (Å²) in [7, 11) is 0. The number of Topliss-reactive ketones (excluding diaryl/α,β-unsaturated/α-hetero) is 1. The molecule has 1 aliphatic heterocycles. The highest BCUT2D eigenvalue weighted by atomic mass is 32.2. The zero-order valence-electron chi connectivity index (χ0n) is 8.75. The van der Waals surface area contributed by atoms with Crippen molar-refractivity contribution in [3.8, 4) is 0 Å². The van der Waals surface area contributed by atoms with Crippen LogP contribution in [0.2, 0.25) is 0 Å². The molecule has 2 atom stereocenters. The monoisotopic (exact) mass is 201 g/mol. The smallest absolute Gasteiger partial charge is 0.131 e. The first-order valence-corrected chi connectivity index (χ1v) is 6.01. The zero-order chi connectivity index (χ0) is 9.84. The molecule has 0 bridgehead atoms. The second-order valence-corrected chi connectivity index (χ2v) is 5.29. The van der Waals surface area contributed by atoms with Gasteiger partial charge < -0.3 is 0 Å². The van der Waals surface area contributed by atoms with Gasteiger partial charge in [0.25, 0.3) is 0 Å². The maximum atomic E-state index is 10.8. The number of rotatable bonds is 3. The van der Waals surface area contributed by atoms with Crippen molar-refractivity contribution in [1.82, 2.24) is 4.90 Å². The van der Waals surface area contributed by atoms with Crippen LogP contribution in [-0.4, -0.2) is 40.8 Å². The molecule has 2 unspecified atom stereocenters. The molecular weight excluding hydrogens is 182 g/mol. The summed E-state index contributed by atoms with van der Waals surface area (Å²) in [5.41, 5.74) is 0. The fourth-order valence-electron chi connectivity index (χ4n) is 1.61. The van der Waals surface area contributed by atoms with Crippen LogP contribution in [0.25, 0.3) is 0 Å². The molecule has 1 fully saturated rings. The van der Waals surface area contributed by atoms with Crippen molar-refractivity contribution >= 4 is 17.5 Å². The van der Waals surface area contributed by atoms with E-state index in [9.17, 15) is 4.79 Å². The topological polar surface area (TPSA) is 20.3 Å². The Labute approximate surface area is 85.1 Å². The van der Waals surface area contributed by atoms with Crippen LogP contribution in [0, 0.1) is 0 Å². The number of carbonyl (C=O) groups excluding carboxylic acids is 1. The maximum Gasteiger partial charge on any atom is 0.131 e. The molecule has 1 heterocycles. The van der Waals surface area contributed by atoms with Crippen LogP contribution in [-0.2, 0) is 4.79 Å². The van der Waals surface area contributed by atoms with Gasteiger partial charge in [-0.2, -0.15) is 11.8 Å². The van der Waals surface area contributed by atoms with E-state index in [1.807, 2.05) is 11.8 Å². The lowest BCUT2D eigenvalue weighted by atomic mass is 10.2. The summed E-state index contributed by atoms with van der Waals surface area (Å²) >= 11 is 2.04. The average Bonchev–Trinajstić information content (AvgIpc) is 2.07. The van der Waals surface area contributed by atoms with E-state index >= 15 is 0 Å². The molecule has 0 aromatic rings. The van der Waals surface area contributed by atoms with Crippen LogP contribution in [0.5, 0.6) is 0 Å². The molecule has 0 N–H and O–H groups in total. The number of carbonyl (C=O) groups is 1. The molecule has 0 aromatic carbocycles. The van der Waals surface area contributed by atoms with Crippen molar-refractivity contribution in [2.75, 3.05) is 18.8 Å². The van der Waals surface area contributed by atoms with Gasteiger partial charge in [0.05, 0.1) is 0 Å². The van der Waals surface area contributed by atoms with Crippen LogP contribution in [0.4, 0.5) is 0 Å². The molecule has 13 heavy (non-hydrogen) atoms. The maximum absolute atomic E-state index is 10.8. The van der Waals surface area contributed by atoms with Crippen molar-refractivity contribution in [3.05, 3.63) is 0 Å². The standard InChI is InChI=1S/C10H19NOS/c1-8(12)4-5-11-6-7-13-10(3)9(11)2/h9-10H,4-7H2,1-3H3. The van der Waals surface area contributed by atoms with E-state index in [0.717, 1.165) is 13.1 Å². The summed E-state index contributed by atoms with van der Waals surface area (Å²) in [6.07, 6.45) is 0.710. The SMILES string of the molecule is CC(=O)CCN1CCSC(C)C1C. The lowest BCUT2D eigenvalue weighted by molar-refractivity contribution is -0.117. The zero-order valence-corrected chi connectivity index (χ0v) is 9.56. The van der Waals surface area contributed by atoms with Gasteiger partial charge in [0.1, 0.15) is 5.78 Å². The molecule has 1 rings (SSSR count). The van der Waals surface area contributed by atoms with E-state index in [1.165, 1.54) is 5.75 Å². The highest BCUT2D eigenvalue weighted by molar-refractivity contribution is 8.00. The summed E-state index contributed by atoms with van der Waals surface area (Å²) in [4.78, 5) is 13.3. The third-order valence-electron chi connectivity index (χ3n) is 2.77. The van der Waals surface area contributed by atoms with Gasteiger partial charge in [-0.3, -0.25) is 9.69 Å². The minimum atomic E-state index is 0.304. The van der Waals surface area contributed by atoms with Crippen molar-refractivity contribution < 1.29 is 4.79 Å². The molecule has 1 aliphatic rings. The van der Waals surface area contributed by atoms with Gasteiger partial charge in [0.15, 0.2) is 0 Å². The Morgan fingerprint density at radius 1 is 1.54 bits per heavy atom. The summed E-state index contributed by atoms with van der Waals surface area (Å²) in [6.45, 7) is 8.30. The molecule has 0 radical (unpaired) electrons. The van der Waals surface area contributed by atoms with Gasteiger partial charge in [-0.05, 0) is 13.8 Å². The van der Waals surface area contributed by atoms with Gasteiger partial charge in [-0.25, -0.2) is 0 Å². The third kappa shape index (κ3) is 3.31. The van der Waals surface area contributed by atoms with E-state index in [-0.39, 0.29) is 0 Å². The Balaban J connectivity index is 2.35. The minimum Gasteiger partial charge on any atom is -0.300 e. The predicted octanol–water partition coefficient (Wildman–Crippen LogP) is 1.79. The first kappa shape index (κ1) is 11.1. The second-order valence-electron chi connectivity index (χ2n) is 3.80. The second kappa shape index (κ2) is 5.01. The number of hydrogen-bond donors (Lipinski definition) is 0. The molecule has 3 heteroatoms. The first-order valence-electron chi connectivity index (χ1n) is 4.96. The van der Waals surface area contributed by atoms with Crippen LogP contribution in [0.3, 0.4) is 0 Å². The van der Waals surface area contributed by atoms with Crippen LogP contribution >= 0.6 is 11.8 Å². The number of nitrogens with zero attached hydrogens (tertiary/aromatic N) is 1. The average molecular weight is 201 g/mol. The highest BCUT2D eigenvalue weighted by Gasteiger charge is 2.24. The van der Waals surface area contributed by atoms with Gasteiger partial charge in [-0.15, -0.1) is 0 Å². The molecule has 76 valence electrons. The van der Waals surface area contributed by atoms with E-state index in [0.29, 0.717) is 23.5 Å². The summed E-state index contributed by atoms with van der Waals surface area (Å²) < 4.78 is 0. The predicted molar refractivity (Wildman–Crippen MR) is 58.3 cm³/mol. The minimum absolute atomic E-state index is 0.304.